The predicted octanol–water partition coefficient (Wildman–Crippen LogP) is 0.954. The third-order valence-electron chi connectivity index (χ3n) is 1.71. The number of halogens is 2. The molecule has 0 saturated heterocycles. The number of carbonyl (C=O) groups is 1. The van der Waals surface area contributed by atoms with Gasteiger partial charge in [0.2, 0.25) is 0 Å². The monoisotopic (exact) mass is 213 g/mol. The summed E-state index contributed by atoms with van der Waals surface area (Å²) >= 11 is 0. The summed E-state index contributed by atoms with van der Waals surface area (Å²) in [5.74, 6) is -3.93. The highest BCUT2D eigenvalue weighted by atomic mass is 19.1. The zero-order chi connectivity index (χ0) is 11.6. The molecule has 2 N–H and O–H groups in total. The van der Waals surface area contributed by atoms with Crippen molar-refractivity contribution >= 4 is 5.97 Å². The summed E-state index contributed by atoms with van der Waals surface area (Å²) in [6.07, 6.45) is -2.19. The molecule has 15 heavy (non-hydrogen) atoms. The van der Waals surface area contributed by atoms with Crippen molar-refractivity contribution in [1.82, 2.24) is 0 Å². The van der Waals surface area contributed by atoms with Gasteiger partial charge in [0.05, 0.1) is 5.56 Å². The number of carboxylic acids is 1. The van der Waals surface area contributed by atoms with Crippen LogP contribution >= 0.6 is 0 Å². The van der Waals surface area contributed by atoms with Crippen molar-refractivity contribution in [2.75, 3.05) is 0 Å². The van der Waals surface area contributed by atoms with Crippen molar-refractivity contribution in [3.05, 3.63) is 34.9 Å². The molecule has 0 aromatic heterocycles. The molecule has 0 spiro atoms. The van der Waals surface area contributed by atoms with Gasteiger partial charge in [0.25, 0.3) is 0 Å². The highest BCUT2D eigenvalue weighted by molar-refractivity contribution is 5.74. The van der Waals surface area contributed by atoms with E-state index in [1.165, 1.54) is 6.07 Å². The first-order chi connectivity index (χ1) is 6.97. The van der Waals surface area contributed by atoms with Gasteiger partial charge in [0.1, 0.15) is 17.7 Å². The summed E-state index contributed by atoms with van der Waals surface area (Å²) in [6, 6.07) is 2.51. The van der Waals surface area contributed by atoms with Crippen LogP contribution in [0.25, 0.3) is 0 Å². The average Bonchev–Trinajstić information content (AvgIpc) is 2.19. The summed E-state index contributed by atoms with van der Waals surface area (Å²) in [5.41, 5.74) is -1.41. The number of nitriles is 1. The van der Waals surface area contributed by atoms with Crippen LogP contribution in [0.4, 0.5) is 8.78 Å². The largest absolute Gasteiger partial charge is 0.479 e. The quantitative estimate of drug-likeness (QED) is 0.766. The highest BCUT2D eigenvalue weighted by Crippen LogP contribution is 2.21. The Balaban J connectivity index is 3.37. The zero-order valence-corrected chi connectivity index (χ0v) is 7.24. The fourth-order valence-electron chi connectivity index (χ4n) is 1.02. The van der Waals surface area contributed by atoms with Crippen LogP contribution in [0.5, 0.6) is 0 Å². The van der Waals surface area contributed by atoms with Gasteiger partial charge in [0.15, 0.2) is 6.10 Å². The molecule has 1 atom stereocenters. The first kappa shape index (κ1) is 11.1. The number of benzene rings is 1. The zero-order valence-electron chi connectivity index (χ0n) is 7.24. The van der Waals surface area contributed by atoms with E-state index >= 15 is 0 Å². The van der Waals surface area contributed by atoms with Crippen molar-refractivity contribution in [2.24, 2.45) is 0 Å². The SMILES string of the molecule is N#Cc1cc(F)cc(C(O)C(=O)O)c1F. The molecule has 0 aliphatic rings. The van der Waals surface area contributed by atoms with Crippen LogP contribution in [0.15, 0.2) is 12.1 Å². The summed E-state index contributed by atoms with van der Waals surface area (Å²) in [5, 5.41) is 25.8. The van der Waals surface area contributed by atoms with Gasteiger partial charge in [-0.05, 0) is 12.1 Å². The highest BCUT2D eigenvalue weighted by Gasteiger charge is 2.23. The van der Waals surface area contributed by atoms with Gasteiger partial charge in [-0.15, -0.1) is 0 Å². The van der Waals surface area contributed by atoms with Gasteiger partial charge in [0, 0.05) is 5.56 Å². The van der Waals surface area contributed by atoms with Crippen LogP contribution in [0, 0.1) is 23.0 Å². The Hall–Kier alpha value is -2.00. The maximum Gasteiger partial charge on any atom is 0.337 e. The molecule has 0 heterocycles. The van der Waals surface area contributed by atoms with E-state index in [0.29, 0.717) is 12.1 Å². The molecule has 1 unspecified atom stereocenters. The van der Waals surface area contributed by atoms with E-state index in [1.54, 1.807) is 0 Å². The smallest absolute Gasteiger partial charge is 0.337 e. The third kappa shape index (κ3) is 2.08. The molecule has 0 fully saturated rings. The predicted molar refractivity (Wildman–Crippen MR) is 43.7 cm³/mol. The molecule has 78 valence electrons. The summed E-state index contributed by atoms with van der Waals surface area (Å²) in [6.45, 7) is 0. The first-order valence-electron chi connectivity index (χ1n) is 3.77. The lowest BCUT2D eigenvalue weighted by Gasteiger charge is -2.07. The molecule has 0 saturated carbocycles. The van der Waals surface area contributed by atoms with Crippen LogP contribution in [0.1, 0.15) is 17.2 Å². The number of rotatable bonds is 2. The van der Waals surface area contributed by atoms with E-state index in [9.17, 15) is 13.6 Å². The Morgan fingerprint density at radius 1 is 1.47 bits per heavy atom. The van der Waals surface area contributed by atoms with Gasteiger partial charge in [-0.25, -0.2) is 13.6 Å². The molecule has 6 heteroatoms. The van der Waals surface area contributed by atoms with Gasteiger partial charge >= 0.3 is 5.97 Å². The number of aliphatic hydroxyl groups is 1. The molecule has 0 bridgehead atoms. The van der Waals surface area contributed by atoms with Crippen molar-refractivity contribution in [2.45, 2.75) is 6.10 Å². The number of carboxylic acid groups (broad SMARTS) is 1. The second-order valence-electron chi connectivity index (χ2n) is 2.71. The summed E-state index contributed by atoms with van der Waals surface area (Å²) < 4.78 is 26.0. The topological polar surface area (TPSA) is 81.3 Å². The van der Waals surface area contributed by atoms with E-state index in [2.05, 4.69) is 0 Å². The van der Waals surface area contributed by atoms with Crippen LogP contribution in [-0.2, 0) is 4.79 Å². The van der Waals surface area contributed by atoms with Crippen LogP contribution in [0.3, 0.4) is 0 Å². The molecule has 1 aromatic rings. The molecule has 4 nitrogen and oxygen atoms in total. The molecular weight excluding hydrogens is 208 g/mol. The number of hydrogen-bond acceptors (Lipinski definition) is 3. The summed E-state index contributed by atoms with van der Waals surface area (Å²) in [4.78, 5) is 10.3. The molecule has 0 aliphatic carbocycles. The fraction of sp³-hybridized carbons (Fsp3) is 0.111. The number of aliphatic hydroxyl groups excluding tert-OH is 1. The standard InChI is InChI=1S/C9H5F2NO3/c10-5-1-4(3-12)7(11)6(2-5)8(13)9(14)15/h1-2,8,13H,(H,14,15). The second-order valence-corrected chi connectivity index (χ2v) is 2.71. The van der Waals surface area contributed by atoms with E-state index in [-0.39, 0.29) is 0 Å². The molecule has 0 amide bonds. The molecule has 1 rings (SSSR count). The Bertz CT molecular complexity index is 453. The molecule has 0 aliphatic heterocycles. The summed E-state index contributed by atoms with van der Waals surface area (Å²) in [7, 11) is 0. The van der Waals surface area contributed by atoms with Crippen LogP contribution in [-0.4, -0.2) is 16.2 Å². The number of nitrogens with zero attached hydrogens (tertiary/aromatic N) is 1. The van der Waals surface area contributed by atoms with Gasteiger partial charge in [-0.3, -0.25) is 0 Å². The minimum atomic E-state index is -2.19. The van der Waals surface area contributed by atoms with Crippen molar-refractivity contribution in [1.29, 1.82) is 5.26 Å². The van der Waals surface area contributed by atoms with E-state index < -0.39 is 34.8 Å². The minimum absolute atomic E-state index is 0.537. The third-order valence-corrected chi connectivity index (χ3v) is 1.71. The number of aliphatic carboxylic acids is 1. The maximum absolute atomic E-state index is 13.3. The second kappa shape index (κ2) is 4.02. The lowest BCUT2D eigenvalue weighted by atomic mass is 10.1. The van der Waals surface area contributed by atoms with Crippen LogP contribution in [0.2, 0.25) is 0 Å². The maximum atomic E-state index is 13.3. The molecule has 1 aromatic carbocycles. The normalized spacial score (nSPS) is 11.9. The van der Waals surface area contributed by atoms with Crippen LogP contribution < -0.4 is 0 Å². The van der Waals surface area contributed by atoms with Gasteiger partial charge < -0.3 is 10.2 Å². The lowest BCUT2D eigenvalue weighted by molar-refractivity contribution is -0.147. The van der Waals surface area contributed by atoms with E-state index in [4.69, 9.17) is 15.5 Å². The Morgan fingerprint density at radius 2 is 2.07 bits per heavy atom. The Labute approximate surface area is 83.0 Å². The Kier molecular flexibility index (Phi) is 2.97. The van der Waals surface area contributed by atoms with Crippen molar-refractivity contribution < 1.29 is 23.8 Å². The Morgan fingerprint density at radius 3 is 2.53 bits per heavy atom. The molecular formula is C9H5F2NO3. The van der Waals surface area contributed by atoms with Gasteiger partial charge in [-0.2, -0.15) is 5.26 Å². The fourth-order valence-corrected chi connectivity index (χ4v) is 1.02. The number of hydrogen-bond donors (Lipinski definition) is 2. The van der Waals surface area contributed by atoms with Crippen molar-refractivity contribution in [3.63, 3.8) is 0 Å². The first-order valence-corrected chi connectivity index (χ1v) is 3.77. The van der Waals surface area contributed by atoms with E-state index in [1.807, 2.05) is 0 Å². The minimum Gasteiger partial charge on any atom is -0.479 e. The van der Waals surface area contributed by atoms with E-state index in [0.717, 1.165) is 0 Å². The lowest BCUT2D eigenvalue weighted by Crippen LogP contribution is -2.13. The molecule has 0 radical (unpaired) electrons. The van der Waals surface area contributed by atoms with Crippen molar-refractivity contribution in [3.8, 4) is 6.07 Å². The average molecular weight is 213 g/mol. The van der Waals surface area contributed by atoms with Gasteiger partial charge in [-0.1, -0.05) is 0 Å².